The van der Waals surface area contributed by atoms with Crippen molar-refractivity contribution >= 4 is 23.7 Å². The number of likely N-dealkylation sites (tertiary alicyclic amines) is 1. The van der Waals surface area contributed by atoms with Gasteiger partial charge in [-0.15, -0.1) is 0 Å². The van der Waals surface area contributed by atoms with Crippen LogP contribution in [0.5, 0.6) is 0 Å². The van der Waals surface area contributed by atoms with Crippen LogP contribution in [0.15, 0.2) is 65.0 Å². The third-order valence-corrected chi connectivity index (χ3v) is 6.30. The van der Waals surface area contributed by atoms with Gasteiger partial charge < -0.3 is 10.2 Å². The molecule has 4 rings (SSSR count). The number of aliphatic imine (C=N–C) groups is 1. The van der Waals surface area contributed by atoms with E-state index in [9.17, 15) is 14.0 Å². The van der Waals surface area contributed by atoms with E-state index in [4.69, 9.17) is 5.26 Å². The van der Waals surface area contributed by atoms with E-state index < -0.39 is 17.2 Å². The van der Waals surface area contributed by atoms with Crippen LogP contribution < -0.4 is 5.32 Å². The maximum Gasteiger partial charge on any atom is 0.313 e. The maximum atomic E-state index is 14.0. The number of nitrogens with zero attached hydrogens (tertiary/aromatic N) is 3. The molecule has 0 saturated carbocycles. The number of benzene rings is 1. The fraction of sp³-hybridized carbons (Fsp3) is 0.333. The molecule has 1 N–H and O–H groups in total. The zero-order valence-electron chi connectivity index (χ0n) is 17.2. The largest absolute Gasteiger partial charge is 0.334 e. The molecule has 3 aliphatic rings. The van der Waals surface area contributed by atoms with Crippen LogP contribution in [0.2, 0.25) is 0 Å². The SMILES string of the molecule is CC12C=C(F)C=CC1N=CC=C2C1CCN(C(=O)C(=O)Nc2ccc(C#N)cc2)CC1. The number of halogens is 1. The van der Waals surface area contributed by atoms with Crippen molar-refractivity contribution in [2.45, 2.75) is 25.8 Å². The Balaban J connectivity index is 1.38. The van der Waals surface area contributed by atoms with Crippen molar-refractivity contribution < 1.29 is 14.0 Å². The molecule has 6 nitrogen and oxygen atoms in total. The van der Waals surface area contributed by atoms with Gasteiger partial charge in [-0.2, -0.15) is 5.26 Å². The second-order valence-corrected chi connectivity index (χ2v) is 8.25. The zero-order valence-corrected chi connectivity index (χ0v) is 17.2. The van der Waals surface area contributed by atoms with Crippen molar-refractivity contribution in [3.05, 3.63) is 65.5 Å². The predicted molar refractivity (Wildman–Crippen MR) is 116 cm³/mol. The summed E-state index contributed by atoms with van der Waals surface area (Å²) in [5.74, 6) is -1.33. The number of nitrogens with one attached hydrogen (secondary N) is 1. The number of allylic oxidation sites excluding steroid dienone is 3. The van der Waals surface area contributed by atoms with Gasteiger partial charge in [0.2, 0.25) is 0 Å². The molecule has 0 radical (unpaired) electrons. The molecule has 31 heavy (non-hydrogen) atoms. The van der Waals surface area contributed by atoms with Gasteiger partial charge in [-0.1, -0.05) is 11.6 Å². The van der Waals surface area contributed by atoms with Gasteiger partial charge in [-0.3, -0.25) is 14.6 Å². The molecule has 1 aromatic carbocycles. The molecule has 2 amide bonds. The molecule has 2 aliphatic heterocycles. The Bertz CT molecular complexity index is 1060. The highest BCUT2D eigenvalue weighted by Gasteiger charge is 2.42. The highest BCUT2D eigenvalue weighted by atomic mass is 19.1. The number of anilines is 1. The summed E-state index contributed by atoms with van der Waals surface area (Å²) in [5.41, 5.74) is 1.57. The Morgan fingerprint density at radius 1 is 1.26 bits per heavy atom. The number of dihydropyridines is 1. The molecule has 0 bridgehead atoms. The van der Waals surface area contributed by atoms with E-state index in [0.717, 1.165) is 5.57 Å². The quantitative estimate of drug-likeness (QED) is 0.746. The summed E-state index contributed by atoms with van der Waals surface area (Å²) in [6, 6.07) is 8.24. The first-order valence-corrected chi connectivity index (χ1v) is 10.3. The number of piperidine rings is 1. The van der Waals surface area contributed by atoms with E-state index >= 15 is 0 Å². The molecule has 1 aliphatic carbocycles. The van der Waals surface area contributed by atoms with Gasteiger partial charge in [0.1, 0.15) is 5.83 Å². The summed E-state index contributed by atoms with van der Waals surface area (Å²) in [6.45, 7) is 2.93. The standard InChI is InChI=1S/C24H23FN4O2/c1-24-14-18(25)4-7-21(24)27-11-8-20(24)17-9-12-29(13-10-17)23(31)22(30)28-19-5-2-16(15-26)3-6-19/h2-8,11,14,17,21H,9-10,12-13H2,1H3,(H,28,30). The van der Waals surface area contributed by atoms with Gasteiger partial charge in [0, 0.05) is 30.4 Å². The van der Waals surface area contributed by atoms with Gasteiger partial charge in [-0.25, -0.2) is 4.39 Å². The minimum atomic E-state index is -0.693. The Kier molecular flexibility index (Phi) is 5.55. The lowest BCUT2D eigenvalue weighted by atomic mass is 9.66. The number of fused-ring (bicyclic) bond motifs is 1. The number of nitriles is 1. The van der Waals surface area contributed by atoms with Crippen molar-refractivity contribution in [1.29, 1.82) is 5.26 Å². The molecule has 2 unspecified atom stereocenters. The summed E-state index contributed by atoms with van der Waals surface area (Å²) >= 11 is 0. The van der Waals surface area contributed by atoms with Crippen molar-refractivity contribution in [2.24, 2.45) is 16.3 Å². The van der Waals surface area contributed by atoms with Gasteiger partial charge in [0.15, 0.2) is 0 Å². The van der Waals surface area contributed by atoms with Gasteiger partial charge in [0.05, 0.1) is 17.7 Å². The molecular formula is C24H23FN4O2. The molecule has 2 atom stereocenters. The fourth-order valence-corrected chi connectivity index (χ4v) is 4.58. The van der Waals surface area contributed by atoms with Gasteiger partial charge in [0.25, 0.3) is 0 Å². The third kappa shape index (κ3) is 4.06. The lowest BCUT2D eigenvalue weighted by molar-refractivity contribution is -0.144. The highest BCUT2D eigenvalue weighted by Crippen LogP contribution is 2.46. The molecule has 1 saturated heterocycles. The molecular weight excluding hydrogens is 395 g/mol. The molecule has 158 valence electrons. The maximum absolute atomic E-state index is 14.0. The van der Waals surface area contributed by atoms with Crippen LogP contribution in [0.3, 0.4) is 0 Å². The van der Waals surface area contributed by atoms with Crippen LogP contribution in [0.1, 0.15) is 25.3 Å². The third-order valence-electron chi connectivity index (χ3n) is 6.30. The normalized spacial score (nSPS) is 25.2. The first-order chi connectivity index (χ1) is 14.9. The van der Waals surface area contributed by atoms with Crippen molar-refractivity contribution in [3.8, 4) is 6.07 Å². The van der Waals surface area contributed by atoms with E-state index in [1.807, 2.05) is 19.1 Å². The molecule has 0 aromatic heterocycles. The van der Waals surface area contributed by atoms with Crippen LogP contribution in [0.4, 0.5) is 10.1 Å². The number of hydrogen-bond acceptors (Lipinski definition) is 4. The smallest absolute Gasteiger partial charge is 0.313 e. The Morgan fingerprint density at radius 3 is 2.65 bits per heavy atom. The first kappa shape index (κ1) is 20.7. The van der Waals surface area contributed by atoms with Crippen LogP contribution in [-0.2, 0) is 9.59 Å². The number of rotatable bonds is 2. The van der Waals surface area contributed by atoms with E-state index in [2.05, 4.69) is 10.3 Å². The summed E-state index contributed by atoms with van der Waals surface area (Å²) in [7, 11) is 0. The van der Waals surface area contributed by atoms with Gasteiger partial charge in [-0.05, 0) is 68.2 Å². The van der Waals surface area contributed by atoms with Crippen LogP contribution in [0, 0.1) is 22.7 Å². The summed E-state index contributed by atoms with van der Waals surface area (Å²) < 4.78 is 14.0. The number of amides is 2. The topological polar surface area (TPSA) is 85.6 Å². The van der Waals surface area contributed by atoms with Crippen LogP contribution >= 0.6 is 0 Å². The van der Waals surface area contributed by atoms with Gasteiger partial charge >= 0.3 is 11.8 Å². The predicted octanol–water partition coefficient (Wildman–Crippen LogP) is 3.54. The number of carbonyl (C=O) groups excluding carboxylic acids is 2. The minimum Gasteiger partial charge on any atom is -0.334 e. The Labute approximate surface area is 180 Å². The molecule has 0 spiro atoms. The lowest BCUT2D eigenvalue weighted by Crippen LogP contribution is -2.46. The first-order valence-electron chi connectivity index (χ1n) is 10.3. The van der Waals surface area contributed by atoms with Crippen molar-refractivity contribution in [1.82, 2.24) is 4.90 Å². The van der Waals surface area contributed by atoms with E-state index in [0.29, 0.717) is 37.2 Å². The molecule has 1 aromatic rings. The fourth-order valence-electron chi connectivity index (χ4n) is 4.58. The average molecular weight is 418 g/mol. The van der Waals surface area contributed by atoms with Crippen molar-refractivity contribution in [2.75, 3.05) is 18.4 Å². The van der Waals surface area contributed by atoms with E-state index in [1.54, 1.807) is 47.5 Å². The van der Waals surface area contributed by atoms with E-state index in [-0.39, 0.29) is 17.8 Å². The molecule has 7 heteroatoms. The highest BCUT2D eigenvalue weighted by molar-refractivity contribution is 6.39. The Morgan fingerprint density at radius 2 is 1.97 bits per heavy atom. The number of hydrogen-bond donors (Lipinski definition) is 1. The summed E-state index contributed by atoms with van der Waals surface area (Å²) in [4.78, 5) is 31.0. The molecule has 2 heterocycles. The van der Waals surface area contributed by atoms with Crippen LogP contribution in [-0.4, -0.2) is 42.1 Å². The average Bonchev–Trinajstić information content (AvgIpc) is 2.78. The Hall–Kier alpha value is -3.53. The summed E-state index contributed by atoms with van der Waals surface area (Å²) in [5, 5.41) is 11.4. The lowest BCUT2D eigenvalue weighted by Gasteiger charge is -2.43. The molecule has 1 fully saturated rings. The summed E-state index contributed by atoms with van der Waals surface area (Å²) in [6.07, 6.45) is 10.1. The number of carbonyl (C=O) groups is 2. The minimum absolute atomic E-state index is 0.120. The van der Waals surface area contributed by atoms with Crippen LogP contribution in [0.25, 0.3) is 0 Å². The second kappa shape index (κ2) is 8.31. The zero-order chi connectivity index (χ0) is 22.0. The van der Waals surface area contributed by atoms with E-state index in [1.165, 1.54) is 6.08 Å². The second-order valence-electron chi connectivity index (χ2n) is 8.25. The van der Waals surface area contributed by atoms with Crippen molar-refractivity contribution in [3.63, 3.8) is 0 Å². The monoisotopic (exact) mass is 418 g/mol.